The molecule has 0 spiro atoms. The molecule has 1 aromatic carbocycles. The molecule has 0 aliphatic heterocycles. The molecule has 2 rings (SSSR count). The van der Waals surface area contributed by atoms with E-state index in [2.05, 4.69) is 5.43 Å². The molecule has 1 unspecified atom stereocenters. The standard InChI is InChI=1S/C13H16F4N2/c14-11-5-4-9(13(15,16)17)7-10(11)12(19-18)6-8-2-1-3-8/h4-5,7-8,12,19H,1-3,6,18H2. The molecule has 0 radical (unpaired) electrons. The molecular weight excluding hydrogens is 260 g/mol. The summed E-state index contributed by atoms with van der Waals surface area (Å²) < 4.78 is 51.6. The van der Waals surface area contributed by atoms with E-state index < -0.39 is 23.6 Å². The summed E-state index contributed by atoms with van der Waals surface area (Å²) in [5.74, 6) is 5.12. The molecule has 1 fully saturated rings. The Morgan fingerprint density at radius 2 is 2.00 bits per heavy atom. The molecule has 1 saturated carbocycles. The van der Waals surface area contributed by atoms with Gasteiger partial charge in [0.25, 0.3) is 0 Å². The molecule has 1 aliphatic carbocycles. The zero-order valence-corrected chi connectivity index (χ0v) is 10.3. The van der Waals surface area contributed by atoms with Gasteiger partial charge < -0.3 is 0 Å². The summed E-state index contributed by atoms with van der Waals surface area (Å²) in [6.07, 6.45) is -0.739. The van der Waals surface area contributed by atoms with Crippen LogP contribution < -0.4 is 11.3 Å². The van der Waals surface area contributed by atoms with Gasteiger partial charge in [-0.05, 0) is 30.5 Å². The van der Waals surface area contributed by atoms with E-state index >= 15 is 0 Å². The van der Waals surface area contributed by atoms with E-state index in [0.29, 0.717) is 12.3 Å². The van der Waals surface area contributed by atoms with Crippen LogP contribution in [0.25, 0.3) is 0 Å². The molecule has 1 atom stereocenters. The molecule has 1 aliphatic rings. The Bertz CT molecular complexity index is 441. The van der Waals surface area contributed by atoms with Crippen molar-refractivity contribution in [2.75, 3.05) is 0 Å². The third-order valence-corrected chi connectivity index (χ3v) is 3.69. The molecule has 1 aromatic rings. The van der Waals surface area contributed by atoms with Gasteiger partial charge in [-0.3, -0.25) is 11.3 Å². The highest BCUT2D eigenvalue weighted by Gasteiger charge is 2.32. The van der Waals surface area contributed by atoms with Crippen LogP contribution in [0, 0.1) is 11.7 Å². The Hall–Kier alpha value is -1.14. The lowest BCUT2D eigenvalue weighted by Gasteiger charge is -2.30. The monoisotopic (exact) mass is 276 g/mol. The lowest BCUT2D eigenvalue weighted by molar-refractivity contribution is -0.137. The smallest absolute Gasteiger partial charge is 0.271 e. The van der Waals surface area contributed by atoms with Gasteiger partial charge in [0.05, 0.1) is 5.56 Å². The molecule has 0 aromatic heterocycles. The van der Waals surface area contributed by atoms with E-state index in [1.54, 1.807) is 0 Å². The Kier molecular flexibility index (Phi) is 4.10. The number of hydrogen-bond acceptors (Lipinski definition) is 2. The minimum absolute atomic E-state index is 0.00998. The second kappa shape index (κ2) is 5.46. The Morgan fingerprint density at radius 3 is 2.47 bits per heavy atom. The fourth-order valence-electron chi connectivity index (χ4n) is 2.33. The van der Waals surface area contributed by atoms with Crippen LogP contribution in [0.15, 0.2) is 18.2 Å². The maximum absolute atomic E-state index is 13.7. The van der Waals surface area contributed by atoms with Crippen molar-refractivity contribution < 1.29 is 17.6 Å². The summed E-state index contributed by atoms with van der Waals surface area (Å²) in [7, 11) is 0. The maximum atomic E-state index is 13.7. The minimum atomic E-state index is -4.47. The number of nitrogens with two attached hydrogens (primary N) is 1. The molecule has 3 N–H and O–H groups in total. The van der Waals surface area contributed by atoms with Crippen molar-refractivity contribution in [3.8, 4) is 0 Å². The maximum Gasteiger partial charge on any atom is 0.416 e. The quantitative estimate of drug-likeness (QED) is 0.501. The van der Waals surface area contributed by atoms with E-state index in [1.165, 1.54) is 0 Å². The minimum Gasteiger partial charge on any atom is -0.271 e. The summed E-state index contributed by atoms with van der Waals surface area (Å²) in [5.41, 5.74) is 1.57. The van der Waals surface area contributed by atoms with E-state index in [0.717, 1.165) is 37.5 Å². The molecule has 0 bridgehead atoms. The van der Waals surface area contributed by atoms with Gasteiger partial charge in [0.1, 0.15) is 5.82 Å². The zero-order chi connectivity index (χ0) is 14.0. The number of benzene rings is 1. The summed E-state index contributed by atoms with van der Waals surface area (Å²) >= 11 is 0. The first-order valence-electron chi connectivity index (χ1n) is 6.24. The van der Waals surface area contributed by atoms with Gasteiger partial charge in [0.15, 0.2) is 0 Å². The van der Waals surface area contributed by atoms with Crippen LogP contribution in [0.2, 0.25) is 0 Å². The molecule has 0 saturated heterocycles. The van der Waals surface area contributed by atoms with E-state index in [-0.39, 0.29) is 5.56 Å². The van der Waals surface area contributed by atoms with Gasteiger partial charge in [-0.2, -0.15) is 13.2 Å². The fourth-order valence-corrected chi connectivity index (χ4v) is 2.33. The molecular formula is C13H16F4N2. The summed E-state index contributed by atoms with van der Waals surface area (Å²) in [4.78, 5) is 0. The third-order valence-electron chi connectivity index (χ3n) is 3.69. The summed E-state index contributed by atoms with van der Waals surface area (Å²) in [6, 6.07) is 1.87. The highest BCUT2D eigenvalue weighted by molar-refractivity contribution is 5.29. The third kappa shape index (κ3) is 3.25. The molecule has 19 heavy (non-hydrogen) atoms. The van der Waals surface area contributed by atoms with Crippen LogP contribution in [0.3, 0.4) is 0 Å². The van der Waals surface area contributed by atoms with Crippen molar-refractivity contribution in [3.63, 3.8) is 0 Å². The molecule has 0 amide bonds. The first-order chi connectivity index (χ1) is 8.91. The molecule has 2 nitrogen and oxygen atoms in total. The van der Waals surface area contributed by atoms with Gasteiger partial charge in [0, 0.05) is 11.6 Å². The van der Waals surface area contributed by atoms with Crippen molar-refractivity contribution in [1.82, 2.24) is 5.43 Å². The normalized spacial score (nSPS) is 18.2. The molecule has 6 heteroatoms. The largest absolute Gasteiger partial charge is 0.416 e. The summed E-state index contributed by atoms with van der Waals surface area (Å²) in [5, 5.41) is 0. The van der Waals surface area contributed by atoms with Gasteiger partial charge >= 0.3 is 6.18 Å². The van der Waals surface area contributed by atoms with Gasteiger partial charge in [-0.15, -0.1) is 0 Å². The van der Waals surface area contributed by atoms with Crippen molar-refractivity contribution in [3.05, 3.63) is 35.1 Å². The Balaban J connectivity index is 2.24. The summed E-state index contributed by atoms with van der Waals surface area (Å²) in [6.45, 7) is 0. The number of rotatable bonds is 4. The van der Waals surface area contributed by atoms with Gasteiger partial charge in [0.2, 0.25) is 0 Å². The van der Waals surface area contributed by atoms with Gasteiger partial charge in [-0.25, -0.2) is 4.39 Å². The number of alkyl halides is 3. The van der Waals surface area contributed by atoms with Crippen molar-refractivity contribution in [2.24, 2.45) is 11.8 Å². The first-order valence-corrected chi connectivity index (χ1v) is 6.24. The van der Waals surface area contributed by atoms with E-state index in [1.807, 2.05) is 0 Å². The fraction of sp³-hybridized carbons (Fsp3) is 0.538. The second-order valence-corrected chi connectivity index (χ2v) is 4.99. The Morgan fingerprint density at radius 1 is 1.32 bits per heavy atom. The SMILES string of the molecule is NNC(CC1CCC1)c1cc(C(F)(F)F)ccc1F. The number of nitrogens with one attached hydrogen (secondary N) is 1. The first kappa shape index (κ1) is 14.3. The van der Waals surface area contributed by atoms with Crippen LogP contribution in [-0.4, -0.2) is 0 Å². The van der Waals surface area contributed by atoms with Crippen LogP contribution in [0.4, 0.5) is 17.6 Å². The van der Waals surface area contributed by atoms with Crippen LogP contribution in [-0.2, 0) is 6.18 Å². The molecule has 0 heterocycles. The highest BCUT2D eigenvalue weighted by atomic mass is 19.4. The number of hydrazine groups is 1. The van der Waals surface area contributed by atoms with Crippen LogP contribution in [0.5, 0.6) is 0 Å². The average molecular weight is 276 g/mol. The highest BCUT2D eigenvalue weighted by Crippen LogP contribution is 2.37. The molecule has 106 valence electrons. The predicted molar refractivity (Wildman–Crippen MR) is 63.4 cm³/mol. The number of hydrogen-bond donors (Lipinski definition) is 2. The van der Waals surface area contributed by atoms with Crippen LogP contribution in [0.1, 0.15) is 42.9 Å². The Labute approximate surface area is 109 Å². The van der Waals surface area contributed by atoms with Gasteiger partial charge in [-0.1, -0.05) is 19.3 Å². The van der Waals surface area contributed by atoms with Crippen molar-refractivity contribution in [2.45, 2.75) is 37.9 Å². The lowest BCUT2D eigenvalue weighted by Crippen LogP contribution is -2.32. The zero-order valence-electron chi connectivity index (χ0n) is 10.3. The van der Waals surface area contributed by atoms with Crippen molar-refractivity contribution >= 4 is 0 Å². The van der Waals surface area contributed by atoms with Crippen molar-refractivity contribution in [1.29, 1.82) is 0 Å². The van der Waals surface area contributed by atoms with E-state index in [4.69, 9.17) is 5.84 Å². The predicted octanol–water partition coefficient (Wildman–Crippen LogP) is 3.54. The van der Waals surface area contributed by atoms with E-state index in [9.17, 15) is 17.6 Å². The number of halogens is 4. The second-order valence-electron chi connectivity index (χ2n) is 4.99. The van der Waals surface area contributed by atoms with Crippen LogP contribution >= 0.6 is 0 Å². The average Bonchev–Trinajstić information content (AvgIpc) is 2.28. The topological polar surface area (TPSA) is 38.0 Å². The lowest BCUT2D eigenvalue weighted by atomic mass is 9.79.